The Labute approximate surface area is 128 Å². The summed E-state index contributed by atoms with van der Waals surface area (Å²) in [6.45, 7) is 2.63. The molecule has 0 radical (unpaired) electrons. The number of carbonyl (C=O) groups is 2. The lowest BCUT2D eigenvalue weighted by molar-refractivity contribution is -0.151. The van der Waals surface area contributed by atoms with Crippen molar-refractivity contribution in [3.63, 3.8) is 0 Å². The average molecular weight is 328 g/mol. The molecule has 0 unspecified atom stereocenters. The molecule has 120 valence electrons. The van der Waals surface area contributed by atoms with Crippen molar-refractivity contribution in [3.8, 4) is 0 Å². The molecule has 1 fully saturated rings. The van der Waals surface area contributed by atoms with Crippen molar-refractivity contribution in [2.24, 2.45) is 0 Å². The van der Waals surface area contributed by atoms with Gasteiger partial charge < -0.3 is 9.47 Å². The van der Waals surface area contributed by atoms with Crippen molar-refractivity contribution in [2.45, 2.75) is 37.4 Å². The maximum atomic E-state index is 12.0. The first-order valence-corrected chi connectivity index (χ1v) is 8.01. The fourth-order valence-corrected chi connectivity index (χ4v) is 2.91. The molecule has 0 saturated carbocycles. The van der Waals surface area contributed by atoms with Gasteiger partial charge in [-0.3, -0.25) is 13.8 Å². The quantitative estimate of drug-likeness (QED) is 0.586. The minimum Gasteiger partial charge on any atom is -0.458 e. The zero-order valence-corrected chi connectivity index (χ0v) is 13.0. The molecule has 2 atom stereocenters. The van der Waals surface area contributed by atoms with Gasteiger partial charge in [0.25, 0.3) is 10.1 Å². The number of benzene rings is 1. The molecule has 1 heterocycles. The first-order chi connectivity index (χ1) is 10.3. The number of rotatable bonds is 5. The van der Waals surface area contributed by atoms with E-state index >= 15 is 0 Å². The van der Waals surface area contributed by atoms with Crippen molar-refractivity contribution in [1.29, 1.82) is 0 Å². The Morgan fingerprint density at radius 3 is 2.55 bits per heavy atom. The minimum absolute atomic E-state index is 0.00598. The highest BCUT2D eigenvalue weighted by Gasteiger charge is 2.38. The lowest BCUT2D eigenvalue weighted by Crippen LogP contribution is -2.31. The largest absolute Gasteiger partial charge is 0.458 e. The Balaban J connectivity index is 2.03. The summed E-state index contributed by atoms with van der Waals surface area (Å²) >= 11 is 0. The van der Waals surface area contributed by atoms with Crippen LogP contribution in [0.15, 0.2) is 29.2 Å². The Morgan fingerprint density at radius 2 is 1.95 bits per heavy atom. The van der Waals surface area contributed by atoms with Gasteiger partial charge in [-0.1, -0.05) is 17.7 Å². The summed E-state index contributed by atoms with van der Waals surface area (Å²) in [5, 5.41) is 0. The molecular formula is C14H16O7S. The van der Waals surface area contributed by atoms with Gasteiger partial charge >= 0.3 is 11.9 Å². The number of ether oxygens (including phenoxy) is 2. The van der Waals surface area contributed by atoms with Gasteiger partial charge in [0.1, 0.15) is 6.61 Å². The predicted molar refractivity (Wildman–Crippen MR) is 74.4 cm³/mol. The monoisotopic (exact) mass is 328 g/mol. The van der Waals surface area contributed by atoms with E-state index in [4.69, 9.17) is 13.7 Å². The second-order valence-corrected chi connectivity index (χ2v) is 6.55. The molecule has 0 aromatic heterocycles. The zero-order chi connectivity index (χ0) is 16.3. The summed E-state index contributed by atoms with van der Waals surface area (Å²) in [5.74, 6) is -1.14. The summed E-state index contributed by atoms with van der Waals surface area (Å²) in [7, 11) is -3.97. The van der Waals surface area contributed by atoms with Crippen molar-refractivity contribution < 1.29 is 31.7 Å². The fraction of sp³-hybridized carbons (Fsp3) is 0.429. The van der Waals surface area contributed by atoms with Crippen LogP contribution in [-0.2, 0) is 33.4 Å². The van der Waals surface area contributed by atoms with E-state index in [0.29, 0.717) is 0 Å². The van der Waals surface area contributed by atoms with Crippen molar-refractivity contribution in [1.82, 2.24) is 0 Å². The van der Waals surface area contributed by atoms with Crippen molar-refractivity contribution in [3.05, 3.63) is 29.8 Å². The second kappa shape index (κ2) is 6.45. The minimum atomic E-state index is -3.97. The molecule has 1 aliphatic heterocycles. The lowest BCUT2D eigenvalue weighted by atomic mass is 10.2. The molecule has 0 spiro atoms. The number of hydrogen-bond donors (Lipinski definition) is 0. The summed E-state index contributed by atoms with van der Waals surface area (Å²) < 4.78 is 38.8. The average Bonchev–Trinajstić information content (AvgIpc) is 2.76. The van der Waals surface area contributed by atoms with Crippen LogP contribution in [0.3, 0.4) is 0 Å². The summed E-state index contributed by atoms with van der Waals surface area (Å²) in [6.07, 6.45) is -1.88. The highest BCUT2D eigenvalue weighted by Crippen LogP contribution is 2.21. The third kappa shape index (κ3) is 4.05. The van der Waals surface area contributed by atoms with Gasteiger partial charge in [0.05, 0.1) is 11.3 Å². The molecule has 8 heteroatoms. The van der Waals surface area contributed by atoms with E-state index in [9.17, 15) is 18.0 Å². The predicted octanol–water partition coefficient (Wildman–Crippen LogP) is 0.948. The van der Waals surface area contributed by atoms with Gasteiger partial charge in [-0.2, -0.15) is 8.42 Å². The SMILES string of the molecule is CC(=O)O[C@H]1CC(=O)O[C@@H]1COS(=O)(=O)c1ccc(C)cc1. The first kappa shape index (κ1) is 16.4. The number of carbonyl (C=O) groups excluding carboxylic acids is 2. The molecule has 1 aliphatic rings. The molecule has 1 aromatic carbocycles. The Morgan fingerprint density at radius 1 is 1.32 bits per heavy atom. The van der Waals surface area contributed by atoms with E-state index in [2.05, 4.69) is 0 Å². The van der Waals surface area contributed by atoms with Crippen LogP contribution >= 0.6 is 0 Å². The number of aryl methyl sites for hydroxylation is 1. The van der Waals surface area contributed by atoms with Crippen LogP contribution in [0.5, 0.6) is 0 Å². The first-order valence-electron chi connectivity index (χ1n) is 6.61. The van der Waals surface area contributed by atoms with Crippen LogP contribution in [0.2, 0.25) is 0 Å². The third-order valence-electron chi connectivity index (χ3n) is 3.08. The number of cyclic esters (lactones) is 1. The van der Waals surface area contributed by atoms with Gasteiger partial charge in [-0.25, -0.2) is 0 Å². The van der Waals surface area contributed by atoms with Crippen LogP contribution in [0, 0.1) is 6.92 Å². The van der Waals surface area contributed by atoms with Crippen LogP contribution < -0.4 is 0 Å². The maximum absolute atomic E-state index is 12.0. The normalized spacial score (nSPS) is 21.5. The van der Waals surface area contributed by atoms with E-state index in [0.717, 1.165) is 5.56 Å². The Kier molecular flexibility index (Phi) is 4.82. The van der Waals surface area contributed by atoms with Crippen LogP contribution in [0.4, 0.5) is 0 Å². The van der Waals surface area contributed by atoms with Crippen molar-refractivity contribution in [2.75, 3.05) is 6.61 Å². The summed E-state index contributed by atoms with van der Waals surface area (Å²) in [4.78, 5) is 22.2. The standard InChI is InChI=1S/C14H16O7S/c1-9-3-5-11(6-4-9)22(17,18)19-8-13-12(20-10(2)15)7-14(16)21-13/h3-6,12-13H,7-8H2,1-2H3/t12-,13+/m0/s1. The summed E-state index contributed by atoms with van der Waals surface area (Å²) in [5.41, 5.74) is 0.915. The smallest absolute Gasteiger partial charge is 0.310 e. The van der Waals surface area contributed by atoms with E-state index in [1.54, 1.807) is 12.1 Å². The maximum Gasteiger partial charge on any atom is 0.310 e. The van der Waals surface area contributed by atoms with Gasteiger partial charge in [-0.15, -0.1) is 0 Å². The zero-order valence-electron chi connectivity index (χ0n) is 12.1. The van der Waals surface area contributed by atoms with E-state index in [1.165, 1.54) is 19.1 Å². The van der Waals surface area contributed by atoms with Gasteiger partial charge in [0.2, 0.25) is 0 Å². The molecule has 0 bridgehead atoms. The van der Waals surface area contributed by atoms with Gasteiger partial charge in [-0.05, 0) is 19.1 Å². The van der Waals surface area contributed by atoms with Gasteiger partial charge in [0, 0.05) is 6.92 Å². The number of hydrogen-bond acceptors (Lipinski definition) is 7. The van der Waals surface area contributed by atoms with E-state index in [-0.39, 0.29) is 11.3 Å². The molecular weight excluding hydrogens is 312 g/mol. The topological polar surface area (TPSA) is 96.0 Å². The molecule has 22 heavy (non-hydrogen) atoms. The fourth-order valence-electron chi connectivity index (χ4n) is 1.99. The molecule has 7 nitrogen and oxygen atoms in total. The molecule has 2 rings (SSSR count). The van der Waals surface area contributed by atoms with Crippen LogP contribution in [-0.4, -0.2) is 39.2 Å². The van der Waals surface area contributed by atoms with Crippen LogP contribution in [0.25, 0.3) is 0 Å². The van der Waals surface area contributed by atoms with E-state index < -0.39 is 40.9 Å². The highest BCUT2D eigenvalue weighted by atomic mass is 32.2. The van der Waals surface area contributed by atoms with Crippen molar-refractivity contribution >= 4 is 22.1 Å². The highest BCUT2D eigenvalue weighted by molar-refractivity contribution is 7.86. The van der Waals surface area contributed by atoms with Crippen LogP contribution in [0.1, 0.15) is 18.9 Å². The third-order valence-corrected chi connectivity index (χ3v) is 4.38. The molecule has 0 aliphatic carbocycles. The Hall–Kier alpha value is -1.93. The van der Waals surface area contributed by atoms with Gasteiger partial charge in [0.15, 0.2) is 12.2 Å². The molecule has 1 aromatic rings. The molecule has 1 saturated heterocycles. The molecule has 0 amide bonds. The summed E-state index contributed by atoms with van der Waals surface area (Å²) in [6, 6.07) is 6.14. The number of esters is 2. The second-order valence-electron chi connectivity index (χ2n) is 4.93. The van der Waals surface area contributed by atoms with E-state index in [1.807, 2.05) is 6.92 Å². The Bertz CT molecular complexity index is 663. The molecule has 0 N–H and O–H groups in total. The lowest BCUT2D eigenvalue weighted by Gasteiger charge is -2.17.